The molecule has 0 unspecified atom stereocenters. The minimum Gasteiger partial charge on any atom is -0.356 e. The summed E-state index contributed by atoms with van der Waals surface area (Å²) in [5.74, 6) is 1.36. The van der Waals surface area contributed by atoms with Gasteiger partial charge < -0.3 is 9.80 Å². The number of pyridine rings is 1. The number of piperidine rings is 2. The van der Waals surface area contributed by atoms with Crippen molar-refractivity contribution in [3.63, 3.8) is 0 Å². The molecule has 2 aliphatic rings. The fraction of sp³-hybridized carbons (Fsp3) is 0.526. The van der Waals surface area contributed by atoms with Crippen molar-refractivity contribution < 1.29 is 4.79 Å². The number of rotatable bonds is 3. The van der Waals surface area contributed by atoms with Crippen LogP contribution in [0.25, 0.3) is 0 Å². The van der Waals surface area contributed by atoms with Gasteiger partial charge in [0, 0.05) is 44.8 Å². The van der Waals surface area contributed by atoms with Crippen LogP contribution in [0.5, 0.6) is 0 Å². The van der Waals surface area contributed by atoms with Crippen LogP contribution in [0.3, 0.4) is 0 Å². The Bertz CT molecular complexity index is 687. The molecule has 4 heterocycles. The van der Waals surface area contributed by atoms with Gasteiger partial charge in [-0.1, -0.05) is 6.07 Å². The Morgan fingerprint density at radius 2 is 1.96 bits per heavy atom. The number of hydrogen-bond donors (Lipinski definition) is 0. The van der Waals surface area contributed by atoms with Crippen LogP contribution >= 0.6 is 0 Å². The highest BCUT2D eigenvalue weighted by Gasteiger charge is 2.32. The Hall–Kier alpha value is -2.37. The predicted molar refractivity (Wildman–Crippen MR) is 96.3 cm³/mol. The molecule has 0 saturated carbocycles. The van der Waals surface area contributed by atoms with Crippen LogP contribution in [0, 0.1) is 5.92 Å². The van der Waals surface area contributed by atoms with E-state index >= 15 is 0 Å². The lowest BCUT2D eigenvalue weighted by Gasteiger charge is -2.38. The van der Waals surface area contributed by atoms with Gasteiger partial charge in [0.25, 0.3) is 0 Å². The van der Waals surface area contributed by atoms with E-state index in [9.17, 15) is 4.79 Å². The van der Waals surface area contributed by atoms with Crippen molar-refractivity contribution in [2.45, 2.75) is 31.7 Å². The zero-order valence-electron chi connectivity index (χ0n) is 14.5. The summed E-state index contributed by atoms with van der Waals surface area (Å²) in [6, 6.07) is 8.23. The van der Waals surface area contributed by atoms with Crippen molar-refractivity contribution in [3.05, 3.63) is 42.9 Å². The lowest BCUT2D eigenvalue weighted by atomic mass is 9.95. The van der Waals surface area contributed by atoms with Gasteiger partial charge in [0.1, 0.15) is 5.82 Å². The number of nitrogens with zero attached hydrogens (tertiary/aromatic N) is 5. The van der Waals surface area contributed by atoms with Crippen molar-refractivity contribution in [1.82, 2.24) is 19.7 Å². The van der Waals surface area contributed by atoms with Gasteiger partial charge in [0.2, 0.25) is 5.91 Å². The number of anilines is 1. The van der Waals surface area contributed by atoms with E-state index in [0.29, 0.717) is 11.9 Å². The minimum atomic E-state index is 0.0760. The minimum absolute atomic E-state index is 0.0760. The average Bonchev–Trinajstić information content (AvgIpc) is 3.23. The third kappa shape index (κ3) is 3.52. The van der Waals surface area contributed by atoms with Crippen LogP contribution in [0.4, 0.5) is 5.82 Å². The Kier molecular flexibility index (Phi) is 4.68. The lowest BCUT2D eigenvalue weighted by molar-refractivity contribution is -0.137. The summed E-state index contributed by atoms with van der Waals surface area (Å²) in [5.41, 5.74) is 0. The number of hydrogen-bond acceptors (Lipinski definition) is 4. The van der Waals surface area contributed by atoms with E-state index in [4.69, 9.17) is 0 Å². The van der Waals surface area contributed by atoms with Crippen molar-refractivity contribution in [2.24, 2.45) is 5.92 Å². The SMILES string of the molecule is O=C([C@H]1CCCN(c2ccccn2)C1)N1CCC[C@H](n2cccn2)C1. The van der Waals surface area contributed by atoms with Gasteiger partial charge >= 0.3 is 0 Å². The quantitative estimate of drug-likeness (QED) is 0.861. The molecule has 1 amide bonds. The Balaban J connectivity index is 1.41. The molecule has 6 heteroatoms. The zero-order chi connectivity index (χ0) is 17.1. The third-order valence-corrected chi connectivity index (χ3v) is 5.35. The number of aromatic nitrogens is 3. The van der Waals surface area contributed by atoms with E-state index in [1.165, 1.54) is 0 Å². The smallest absolute Gasteiger partial charge is 0.227 e. The molecule has 0 aromatic carbocycles. The molecule has 2 atom stereocenters. The standard InChI is InChI=1S/C19H25N5O/c25-19(23-12-4-7-17(15-23)24-13-5-10-21-24)16-6-3-11-22(14-16)18-8-1-2-9-20-18/h1-2,5,8-10,13,16-17H,3-4,6-7,11-12,14-15H2/t16-,17-/m0/s1. The average molecular weight is 339 g/mol. The maximum Gasteiger partial charge on any atom is 0.227 e. The number of likely N-dealkylation sites (tertiary alicyclic amines) is 1. The number of carbonyl (C=O) groups is 1. The topological polar surface area (TPSA) is 54.3 Å². The van der Waals surface area contributed by atoms with E-state index in [2.05, 4.69) is 19.9 Å². The second-order valence-electron chi connectivity index (χ2n) is 7.04. The van der Waals surface area contributed by atoms with Crippen molar-refractivity contribution in [3.8, 4) is 0 Å². The highest BCUT2D eigenvalue weighted by Crippen LogP contribution is 2.26. The van der Waals surface area contributed by atoms with Crippen molar-refractivity contribution in [1.29, 1.82) is 0 Å². The maximum atomic E-state index is 13.1. The van der Waals surface area contributed by atoms with Gasteiger partial charge in [-0.15, -0.1) is 0 Å². The molecule has 2 aliphatic heterocycles. The second-order valence-corrected chi connectivity index (χ2v) is 7.04. The molecule has 0 bridgehead atoms. The first-order valence-electron chi connectivity index (χ1n) is 9.25. The molecule has 2 saturated heterocycles. The van der Waals surface area contributed by atoms with Crippen LogP contribution in [-0.2, 0) is 4.79 Å². The van der Waals surface area contributed by atoms with E-state index in [1.54, 1.807) is 0 Å². The first-order valence-corrected chi connectivity index (χ1v) is 9.25. The van der Waals surface area contributed by atoms with Gasteiger partial charge in [0.15, 0.2) is 0 Å². The zero-order valence-corrected chi connectivity index (χ0v) is 14.5. The highest BCUT2D eigenvalue weighted by molar-refractivity contribution is 5.80. The fourth-order valence-electron chi connectivity index (χ4n) is 4.05. The van der Waals surface area contributed by atoms with Gasteiger partial charge in [-0.3, -0.25) is 9.48 Å². The summed E-state index contributed by atoms with van der Waals surface area (Å²) in [6.45, 7) is 3.41. The monoisotopic (exact) mass is 339 g/mol. The molecule has 0 aliphatic carbocycles. The van der Waals surface area contributed by atoms with Crippen LogP contribution < -0.4 is 4.90 Å². The summed E-state index contributed by atoms with van der Waals surface area (Å²) >= 11 is 0. The first-order chi connectivity index (χ1) is 12.3. The fourth-order valence-corrected chi connectivity index (χ4v) is 4.05. The van der Waals surface area contributed by atoms with E-state index < -0.39 is 0 Å². The lowest BCUT2D eigenvalue weighted by Crippen LogP contribution is -2.48. The van der Waals surface area contributed by atoms with Gasteiger partial charge in [-0.05, 0) is 43.9 Å². The summed E-state index contributed by atoms with van der Waals surface area (Å²) in [7, 11) is 0. The largest absolute Gasteiger partial charge is 0.356 e. The van der Waals surface area contributed by atoms with E-state index in [1.807, 2.05) is 47.5 Å². The maximum absolute atomic E-state index is 13.1. The van der Waals surface area contributed by atoms with Crippen LogP contribution in [-0.4, -0.2) is 51.8 Å². The Morgan fingerprint density at radius 3 is 2.76 bits per heavy atom. The van der Waals surface area contributed by atoms with Gasteiger partial charge in [0.05, 0.1) is 12.0 Å². The number of carbonyl (C=O) groups excluding carboxylic acids is 1. The molecule has 0 N–H and O–H groups in total. The summed E-state index contributed by atoms with van der Waals surface area (Å²) in [6.07, 6.45) is 9.80. The summed E-state index contributed by atoms with van der Waals surface area (Å²) < 4.78 is 2.00. The predicted octanol–water partition coefficient (Wildman–Crippen LogP) is 2.36. The third-order valence-electron chi connectivity index (χ3n) is 5.35. The van der Waals surface area contributed by atoms with Crippen molar-refractivity contribution >= 4 is 11.7 Å². The molecular formula is C19H25N5O. The van der Waals surface area contributed by atoms with Crippen LogP contribution in [0.1, 0.15) is 31.7 Å². The highest BCUT2D eigenvalue weighted by atomic mass is 16.2. The van der Waals surface area contributed by atoms with Gasteiger partial charge in [-0.2, -0.15) is 5.10 Å². The number of amides is 1. The van der Waals surface area contributed by atoms with Crippen LogP contribution in [0.15, 0.2) is 42.9 Å². The molecule has 2 aromatic heterocycles. The second kappa shape index (κ2) is 7.25. The Morgan fingerprint density at radius 1 is 1.04 bits per heavy atom. The summed E-state index contributed by atoms with van der Waals surface area (Å²) in [4.78, 5) is 21.8. The first kappa shape index (κ1) is 16.1. The van der Waals surface area contributed by atoms with E-state index in [-0.39, 0.29) is 5.92 Å². The molecule has 25 heavy (non-hydrogen) atoms. The normalized spacial score (nSPS) is 24.3. The van der Waals surface area contributed by atoms with Gasteiger partial charge in [-0.25, -0.2) is 4.98 Å². The van der Waals surface area contributed by atoms with Crippen molar-refractivity contribution in [2.75, 3.05) is 31.1 Å². The molecular weight excluding hydrogens is 314 g/mol. The van der Waals surface area contributed by atoms with Crippen LogP contribution in [0.2, 0.25) is 0 Å². The molecule has 6 nitrogen and oxygen atoms in total. The Labute approximate surface area is 148 Å². The molecule has 2 aromatic rings. The van der Waals surface area contributed by atoms with E-state index in [0.717, 1.165) is 57.7 Å². The molecule has 0 spiro atoms. The molecule has 4 rings (SSSR count). The molecule has 2 fully saturated rings. The molecule has 0 radical (unpaired) electrons. The summed E-state index contributed by atoms with van der Waals surface area (Å²) in [5, 5.41) is 4.36. The molecule has 132 valence electrons.